The summed E-state index contributed by atoms with van der Waals surface area (Å²) in [4.78, 5) is 14.2. The topological polar surface area (TPSA) is 32.3 Å². The fourth-order valence-corrected chi connectivity index (χ4v) is 2.35. The molecule has 0 radical (unpaired) electrons. The highest BCUT2D eigenvalue weighted by molar-refractivity contribution is 6.31. The van der Waals surface area contributed by atoms with Crippen LogP contribution in [0.1, 0.15) is 11.1 Å². The lowest BCUT2D eigenvalue weighted by molar-refractivity contribution is -0.115. The molecule has 0 heterocycles. The first-order valence-corrected chi connectivity index (χ1v) is 7.16. The number of halogens is 1. The van der Waals surface area contributed by atoms with Gasteiger partial charge in [-0.3, -0.25) is 4.79 Å². The van der Waals surface area contributed by atoms with Gasteiger partial charge in [-0.2, -0.15) is 0 Å². The number of aryl methyl sites for hydroxylation is 1. The Bertz CT molecular complexity index is 653. The highest BCUT2D eigenvalue weighted by atomic mass is 35.5. The van der Waals surface area contributed by atoms with E-state index in [-0.39, 0.29) is 5.91 Å². The number of benzene rings is 2. The molecule has 0 aliphatic carbocycles. The average Bonchev–Trinajstić information content (AvgIpc) is 2.41. The van der Waals surface area contributed by atoms with Gasteiger partial charge in [-0.05, 0) is 36.2 Å². The number of hydrogen-bond acceptors (Lipinski definition) is 2. The highest BCUT2D eigenvalue weighted by Gasteiger charge is 2.10. The molecule has 0 saturated heterocycles. The molecule has 1 amide bonds. The molecule has 0 spiro atoms. The van der Waals surface area contributed by atoms with Gasteiger partial charge < -0.3 is 10.2 Å². The van der Waals surface area contributed by atoms with Gasteiger partial charge in [0.25, 0.3) is 0 Å². The van der Waals surface area contributed by atoms with Crippen LogP contribution in [0, 0.1) is 6.92 Å². The number of carbonyl (C=O) groups is 1. The molecule has 2 rings (SSSR count). The smallest absolute Gasteiger partial charge is 0.228 e. The Labute approximate surface area is 130 Å². The van der Waals surface area contributed by atoms with Crippen LogP contribution in [0.25, 0.3) is 0 Å². The Hall–Kier alpha value is -2.00. The molecule has 0 aliphatic rings. The van der Waals surface area contributed by atoms with Gasteiger partial charge in [0.15, 0.2) is 0 Å². The van der Waals surface area contributed by atoms with Crippen molar-refractivity contribution in [3.63, 3.8) is 0 Å². The Morgan fingerprint density at radius 3 is 2.57 bits per heavy atom. The third-order valence-corrected chi connectivity index (χ3v) is 3.56. The van der Waals surface area contributed by atoms with Crippen molar-refractivity contribution in [2.75, 3.05) is 24.3 Å². The van der Waals surface area contributed by atoms with Gasteiger partial charge in [-0.25, -0.2) is 0 Å². The second kappa shape index (κ2) is 6.64. The van der Waals surface area contributed by atoms with E-state index < -0.39 is 0 Å². The van der Waals surface area contributed by atoms with Crippen LogP contribution in [0.3, 0.4) is 0 Å². The fraction of sp³-hybridized carbons (Fsp3) is 0.235. The van der Waals surface area contributed by atoms with E-state index in [1.807, 2.05) is 62.3 Å². The van der Waals surface area contributed by atoms with E-state index in [1.165, 1.54) is 0 Å². The van der Waals surface area contributed by atoms with Crippen molar-refractivity contribution in [1.82, 2.24) is 0 Å². The molecule has 1 N–H and O–H groups in total. The van der Waals surface area contributed by atoms with E-state index in [9.17, 15) is 4.79 Å². The molecule has 3 nitrogen and oxygen atoms in total. The molecule has 4 heteroatoms. The van der Waals surface area contributed by atoms with Crippen LogP contribution in [0.2, 0.25) is 5.02 Å². The average molecular weight is 303 g/mol. The van der Waals surface area contributed by atoms with Crippen LogP contribution in [-0.2, 0) is 11.2 Å². The summed E-state index contributed by atoms with van der Waals surface area (Å²) in [6.45, 7) is 2.01. The summed E-state index contributed by atoms with van der Waals surface area (Å²) >= 11 is 6.02. The Balaban J connectivity index is 2.16. The van der Waals surface area contributed by atoms with E-state index in [0.29, 0.717) is 11.4 Å². The maximum Gasteiger partial charge on any atom is 0.228 e. The van der Waals surface area contributed by atoms with Crippen molar-refractivity contribution in [2.45, 2.75) is 13.3 Å². The molecule has 110 valence electrons. The quantitative estimate of drug-likeness (QED) is 0.929. The number of carbonyl (C=O) groups excluding carboxylic acids is 1. The summed E-state index contributed by atoms with van der Waals surface area (Å²) in [7, 11) is 3.86. The molecule has 0 fully saturated rings. The second-order valence-electron chi connectivity index (χ2n) is 5.21. The van der Waals surface area contributed by atoms with Gasteiger partial charge >= 0.3 is 0 Å². The molecular weight excluding hydrogens is 284 g/mol. The van der Waals surface area contributed by atoms with Crippen molar-refractivity contribution < 1.29 is 4.79 Å². The summed E-state index contributed by atoms with van der Waals surface area (Å²) in [5.41, 5.74) is 3.80. The molecule has 0 atom stereocenters. The Kier molecular flexibility index (Phi) is 4.86. The zero-order chi connectivity index (χ0) is 15.4. The lowest BCUT2D eigenvalue weighted by Crippen LogP contribution is -2.18. The Morgan fingerprint density at radius 1 is 1.19 bits per heavy atom. The summed E-state index contributed by atoms with van der Waals surface area (Å²) in [6.07, 6.45) is 0.353. The maximum atomic E-state index is 12.2. The molecule has 0 aliphatic heterocycles. The summed E-state index contributed by atoms with van der Waals surface area (Å²) < 4.78 is 0. The SMILES string of the molecule is Cc1ccccc1CC(=O)Nc1cc(Cl)ccc1N(C)C. The second-order valence-corrected chi connectivity index (χ2v) is 5.64. The van der Waals surface area contributed by atoms with Crippen LogP contribution in [0.4, 0.5) is 11.4 Å². The lowest BCUT2D eigenvalue weighted by Gasteiger charge is -2.18. The molecule has 2 aromatic rings. The number of rotatable bonds is 4. The van der Waals surface area contributed by atoms with Crippen LogP contribution in [-0.4, -0.2) is 20.0 Å². The van der Waals surface area contributed by atoms with E-state index >= 15 is 0 Å². The van der Waals surface area contributed by atoms with E-state index in [4.69, 9.17) is 11.6 Å². The number of nitrogens with zero attached hydrogens (tertiary/aromatic N) is 1. The third-order valence-electron chi connectivity index (χ3n) is 3.33. The zero-order valence-electron chi connectivity index (χ0n) is 12.5. The molecule has 2 aromatic carbocycles. The molecule has 0 aromatic heterocycles. The minimum absolute atomic E-state index is 0.0466. The fourth-order valence-electron chi connectivity index (χ4n) is 2.17. The maximum absolute atomic E-state index is 12.2. The van der Waals surface area contributed by atoms with Gasteiger partial charge in [-0.1, -0.05) is 35.9 Å². The number of hydrogen-bond donors (Lipinski definition) is 1. The third kappa shape index (κ3) is 3.99. The van der Waals surface area contributed by atoms with Crippen molar-refractivity contribution in [2.24, 2.45) is 0 Å². The molecule has 0 bridgehead atoms. The summed E-state index contributed by atoms with van der Waals surface area (Å²) in [6, 6.07) is 13.4. The zero-order valence-corrected chi connectivity index (χ0v) is 13.2. The minimum Gasteiger partial charge on any atom is -0.376 e. The standard InChI is InChI=1S/C17H19ClN2O/c1-12-6-4-5-7-13(12)10-17(21)19-15-11-14(18)8-9-16(15)20(2)3/h4-9,11H,10H2,1-3H3,(H,19,21). The van der Waals surface area contributed by atoms with Crippen molar-refractivity contribution in [3.8, 4) is 0 Å². The monoisotopic (exact) mass is 302 g/mol. The van der Waals surface area contributed by atoms with Gasteiger partial charge in [0, 0.05) is 19.1 Å². The predicted molar refractivity (Wildman–Crippen MR) is 89.3 cm³/mol. The van der Waals surface area contributed by atoms with Gasteiger partial charge in [0.1, 0.15) is 0 Å². The first kappa shape index (κ1) is 15.4. The largest absolute Gasteiger partial charge is 0.376 e. The van der Waals surface area contributed by atoms with E-state index in [0.717, 1.165) is 22.5 Å². The van der Waals surface area contributed by atoms with Crippen LogP contribution < -0.4 is 10.2 Å². The lowest BCUT2D eigenvalue weighted by atomic mass is 10.1. The predicted octanol–water partition coefficient (Wildman–Crippen LogP) is 3.90. The van der Waals surface area contributed by atoms with E-state index in [1.54, 1.807) is 6.07 Å². The molecule has 0 unspecified atom stereocenters. The van der Waals surface area contributed by atoms with Crippen molar-refractivity contribution in [1.29, 1.82) is 0 Å². The minimum atomic E-state index is -0.0466. The summed E-state index contributed by atoms with van der Waals surface area (Å²) in [5, 5.41) is 3.55. The van der Waals surface area contributed by atoms with Crippen LogP contribution in [0.15, 0.2) is 42.5 Å². The summed E-state index contributed by atoms with van der Waals surface area (Å²) in [5.74, 6) is -0.0466. The first-order valence-electron chi connectivity index (χ1n) is 6.78. The van der Waals surface area contributed by atoms with Gasteiger partial charge in [0.05, 0.1) is 17.8 Å². The molecule has 21 heavy (non-hydrogen) atoms. The normalized spacial score (nSPS) is 10.3. The number of anilines is 2. The van der Waals surface area contributed by atoms with Crippen LogP contribution >= 0.6 is 11.6 Å². The molecular formula is C17H19ClN2O. The molecule has 0 saturated carbocycles. The highest BCUT2D eigenvalue weighted by Crippen LogP contribution is 2.28. The first-order chi connectivity index (χ1) is 9.97. The number of amides is 1. The Morgan fingerprint density at radius 2 is 1.90 bits per heavy atom. The van der Waals surface area contributed by atoms with Gasteiger partial charge in [-0.15, -0.1) is 0 Å². The van der Waals surface area contributed by atoms with Crippen molar-refractivity contribution in [3.05, 3.63) is 58.6 Å². The van der Waals surface area contributed by atoms with Gasteiger partial charge in [0.2, 0.25) is 5.91 Å². The number of nitrogens with one attached hydrogen (secondary N) is 1. The van der Waals surface area contributed by atoms with E-state index in [2.05, 4.69) is 5.32 Å². The van der Waals surface area contributed by atoms with Crippen LogP contribution in [0.5, 0.6) is 0 Å². The van der Waals surface area contributed by atoms with Crippen molar-refractivity contribution >= 4 is 28.9 Å².